The first kappa shape index (κ1) is 21.1. The Kier molecular flexibility index (Phi) is 5.54. The summed E-state index contributed by atoms with van der Waals surface area (Å²) in [5, 5.41) is 9.32. The van der Waals surface area contributed by atoms with Gasteiger partial charge in [0.15, 0.2) is 5.65 Å². The molecule has 1 aromatic carbocycles. The van der Waals surface area contributed by atoms with Crippen LogP contribution >= 0.6 is 0 Å². The Morgan fingerprint density at radius 2 is 1.93 bits per heavy atom. The van der Waals surface area contributed by atoms with E-state index in [0.717, 1.165) is 6.07 Å². The monoisotopic (exact) mass is 428 g/mol. The van der Waals surface area contributed by atoms with Crippen LogP contribution in [0, 0.1) is 0 Å². The molecule has 0 aliphatic heterocycles. The summed E-state index contributed by atoms with van der Waals surface area (Å²) in [6.45, 7) is 3.92. The van der Waals surface area contributed by atoms with Gasteiger partial charge in [0.25, 0.3) is 0 Å². The Bertz CT molecular complexity index is 1160. The van der Waals surface area contributed by atoms with Crippen molar-refractivity contribution in [1.29, 1.82) is 0 Å². The fourth-order valence-corrected chi connectivity index (χ4v) is 3.88. The third-order valence-corrected chi connectivity index (χ3v) is 5.11. The maximum Gasteiger partial charge on any atom is 0.417 e. The van der Waals surface area contributed by atoms with Crippen LogP contribution in [0.4, 0.5) is 13.2 Å². The van der Waals surface area contributed by atoms with Crippen LogP contribution in [0.1, 0.15) is 31.4 Å². The molecule has 29 heavy (non-hydrogen) atoms. The highest BCUT2D eigenvalue weighted by Crippen LogP contribution is 2.39. The van der Waals surface area contributed by atoms with E-state index >= 15 is 0 Å². The predicted molar refractivity (Wildman–Crippen MR) is 100.0 cm³/mol. The fourth-order valence-electron chi connectivity index (χ4n) is 3.06. The number of nitrogens with two attached hydrogens (primary N) is 1. The van der Waals surface area contributed by atoms with Crippen molar-refractivity contribution in [3.05, 3.63) is 41.6 Å². The van der Waals surface area contributed by atoms with Crippen LogP contribution in [0.25, 0.3) is 16.9 Å². The van der Waals surface area contributed by atoms with Crippen molar-refractivity contribution in [2.24, 2.45) is 5.14 Å². The first-order valence-corrected chi connectivity index (χ1v) is 10.4. The summed E-state index contributed by atoms with van der Waals surface area (Å²) in [5.74, 6) is 0.355. The van der Waals surface area contributed by atoms with Gasteiger partial charge in [-0.1, -0.05) is 13.3 Å². The molecule has 0 atom stereocenters. The summed E-state index contributed by atoms with van der Waals surface area (Å²) in [6, 6.07) is 5.45. The molecule has 2 aromatic heterocycles. The van der Waals surface area contributed by atoms with E-state index < -0.39 is 26.7 Å². The molecular formula is C18H19F3N4O3S. The van der Waals surface area contributed by atoms with Gasteiger partial charge >= 0.3 is 6.18 Å². The number of halogens is 3. The fraction of sp³-hybridized carbons (Fsp3) is 0.333. The Hall–Kier alpha value is -2.66. The highest BCUT2D eigenvalue weighted by Gasteiger charge is 2.39. The lowest BCUT2D eigenvalue weighted by molar-refractivity contribution is -0.140. The second-order valence-electron chi connectivity index (χ2n) is 6.33. The molecule has 3 rings (SSSR count). The standard InChI is InChI=1S/C18H19F3N4O3S/c1-3-5-11-8-12(9-14(29(22,26)27)17(11)18(19,20)21)13-10-25-15(23-13)6-7-16(24-25)28-4-2/h6-10H,3-5H2,1-2H3,(H2,22,26,27). The Labute approximate surface area is 165 Å². The molecule has 0 aliphatic carbocycles. The average Bonchev–Trinajstić information content (AvgIpc) is 3.03. The van der Waals surface area contributed by atoms with E-state index in [4.69, 9.17) is 9.88 Å². The molecule has 0 fully saturated rings. The average molecular weight is 428 g/mol. The number of fused-ring (bicyclic) bond motifs is 1. The van der Waals surface area contributed by atoms with Crippen LogP contribution < -0.4 is 9.88 Å². The van der Waals surface area contributed by atoms with Crippen molar-refractivity contribution >= 4 is 15.7 Å². The van der Waals surface area contributed by atoms with Crippen molar-refractivity contribution in [2.75, 3.05) is 6.61 Å². The topological polar surface area (TPSA) is 99.6 Å². The van der Waals surface area contributed by atoms with Crippen molar-refractivity contribution in [3.63, 3.8) is 0 Å². The Morgan fingerprint density at radius 3 is 2.52 bits per heavy atom. The summed E-state index contributed by atoms with van der Waals surface area (Å²) >= 11 is 0. The molecule has 2 N–H and O–H groups in total. The van der Waals surface area contributed by atoms with E-state index in [9.17, 15) is 21.6 Å². The van der Waals surface area contributed by atoms with Gasteiger partial charge in [-0.2, -0.15) is 13.2 Å². The quantitative estimate of drug-likeness (QED) is 0.649. The minimum absolute atomic E-state index is 0.0330. The number of aromatic nitrogens is 3. The van der Waals surface area contributed by atoms with Gasteiger partial charge in [-0.15, -0.1) is 5.10 Å². The van der Waals surface area contributed by atoms with Crippen molar-refractivity contribution < 1.29 is 26.3 Å². The molecule has 7 nitrogen and oxygen atoms in total. The van der Waals surface area contributed by atoms with Crippen LogP contribution in [0.5, 0.6) is 5.88 Å². The van der Waals surface area contributed by atoms with Gasteiger partial charge in [-0.3, -0.25) is 0 Å². The van der Waals surface area contributed by atoms with Gasteiger partial charge in [0, 0.05) is 11.6 Å². The lowest BCUT2D eigenvalue weighted by Gasteiger charge is -2.17. The predicted octanol–water partition coefficient (Wildman–Crippen LogP) is 3.41. The Morgan fingerprint density at radius 1 is 1.21 bits per heavy atom. The second-order valence-corrected chi connectivity index (χ2v) is 7.86. The van der Waals surface area contributed by atoms with Gasteiger partial charge in [-0.05, 0) is 37.1 Å². The Balaban J connectivity index is 2.24. The van der Waals surface area contributed by atoms with Gasteiger partial charge in [0.2, 0.25) is 15.9 Å². The number of alkyl halides is 3. The first-order valence-electron chi connectivity index (χ1n) is 8.81. The molecule has 0 unspecified atom stereocenters. The van der Waals surface area contributed by atoms with Crippen LogP contribution in [0.15, 0.2) is 35.4 Å². The molecule has 0 saturated carbocycles. The van der Waals surface area contributed by atoms with E-state index in [0.29, 0.717) is 24.6 Å². The van der Waals surface area contributed by atoms with Crippen molar-refractivity contribution in [3.8, 4) is 17.1 Å². The second kappa shape index (κ2) is 7.64. The van der Waals surface area contributed by atoms with Crippen molar-refractivity contribution in [1.82, 2.24) is 14.6 Å². The van der Waals surface area contributed by atoms with Crippen LogP contribution in [0.3, 0.4) is 0 Å². The first-order chi connectivity index (χ1) is 13.5. The van der Waals surface area contributed by atoms with Gasteiger partial charge in [0.05, 0.1) is 29.0 Å². The number of hydrogen-bond donors (Lipinski definition) is 1. The van der Waals surface area contributed by atoms with Crippen LogP contribution in [0.2, 0.25) is 0 Å². The molecule has 0 radical (unpaired) electrons. The van der Waals surface area contributed by atoms with Gasteiger partial charge in [0.1, 0.15) is 0 Å². The third kappa shape index (κ3) is 4.35. The molecule has 0 saturated heterocycles. The summed E-state index contributed by atoms with van der Waals surface area (Å²) in [5.41, 5.74) is -0.485. The summed E-state index contributed by atoms with van der Waals surface area (Å²) in [6.07, 6.45) is -2.95. The number of sulfonamides is 1. The maximum atomic E-state index is 13.6. The zero-order chi connectivity index (χ0) is 21.4. The molecule has 156 valence electrons. The molecule has 0 amide bonds. The zero-order valence-corrected chi connectivity index (χ0v) is 16.5. The number of nitrogens with zero attached hydrogens (tertiary/aromatic N) is 3. The minimum atomic E-state index is -4.86. The minimum Gasteiger partial charge on any atom is -0.477 e. The SMILES string of the molecule is CCCc1cc(-c2cn3nc(OCC)ccc3n2)cc(S(N)(=O)=O)c1C(F)(F)F. The molecule has 11 heteroatoms. The number of imidazole rings is 1. The number of ether oxygens (including phenoxy) is 1. The highest BCUT2D eigenvalue weighted by atomic mass is 32.2. The van der Waals surface area contributed by atoms with Gasteiger partial charge in [-0.25, -0.2) is 23.1 Å². The molecule has 0 bridgehead atoms. The lowest BCUT2D eigenvalue weighted by atomic mass is 9.98. The number of benzene rings is 1. The molecule has 0 aliphatic rings. The molecule has 3 aromatic rings. The van der Waals surface area contributed by atoms with E-state index in [1.54, 1.807) is 26.0 Å². The van der Waals surface area contributed by atoms with E-state index in [1.165, 1.54) is 16.8 Å². The highest BCUT2D eigenvalue weighted by molar-refractivity contribution is 7.89. The maximum absolute atomic E-state index is 13.6. The van der Waals surface area contributed by atoms with Gasteiger partial charge < -0.3 is 4.74 Å². The smallest absolute Gasteiger partial charge is 0.417 e. The van der Waals surface area contributed by atoms with E-state index in [2.05, 4.69) is 10.1 Å². The molecule has 2 heterocycles. The summed E-state index contributed by atoms with van der Waals surface area (Å²) in [7, 11) is -4.62. The van der Waals surface area contributed by atoms with E-state index in [-0.39, 0.29) is 23.2 Å². The lowest BCUT2D eigenvalue weighted by Crippen LogP contribution is -2.21. The summed E-state index contributed by atoms with van der Waals surface area (Å²) in [4.78, 5) is 3.36. The molecule has 0 spiro atoms. The van der Waals surface area contributed by atoms with Crippen molar-refractivity contribution in [2.45, 2.75) is 37.8 Å². The third-order valence-electron chi connectivity index (χ3n) is 4.18. The van der Waals surface area contributed by atoms with E-state index in [1.807, 2.05) is 0 Å². The summed E-state index contributed by atoms with van der Waals surface area (Å²) < 4.78 is 71.5. The largest absolute Gasteiger partial charge is 0.477 e. The van der Waals surface area contributed by atoms with Crippen LogP contribution in [-0.2, 0) is 22.6 Å². The number of rotatable bonds is 6. The normalized spacial score (nSPS) is 12.5. The number of primary sulfonamides is 1. The number of aryl methyl sites for hydroxylation is 1. The number of hydrogen-bond acceptors (Lipinski definition) is 5. The zero-order valence-electron chi connectivity index (χ0n) is 15.7. The molecular weight excluding hydrogens is 409 g/mol. The van der Waals surface area contributed by atoms with Crippen LogP contribution in [-0.4, -0.2) is 29.6 Å².